The zero-order valence-corrected chi connectivity index (χ0v) is 14.4. The fourth-order valence-electron chi connectivity index (χ4n) is 1.80. The molecule has 0 atom stereocenters. The van der Waals surface area contributed by atoms with Crippen LogP contribution in [-0.2, 0) is 6.61 Å². The SMILES string of the molecule is CCCNC(=O)N(S)c1nc(OCc2ccc(C)cc2)ncc1F. The molecule has 1 heterocycles. The Kier molecular flexibility index (Phi) is 6.36. The first kappa shape index (κ1) is 18.0. The van der Waals surface area contributed by atoms with Crippen molar-refractivity contribution in [2.45, 2.75) is 26.9 Å². The van der Waals surface area contributed by atoms with E-state index < -0.39 is 11.8 Å². The molecule has 1 aromatic carbocycles. The van der Waals surface area contributed by atoms with Crippen LogP contribution < -0.4 is 14.4 Å². The molecule has 0 saturated carbocycles. The smallest absolute Gasteiger partial charge is 0.333 e. The number of carbonyl (C=O) groups is 1. The summed E-state index contributed by atoms with van der Waals surface area (Å²) in [5.74, 6) is -1.03. The molecular formula is C16H19FN4O2S. The van der Waals surface area contributed by atoms with Gasteiger partial charge in [0.25, 0.3) is 0 Å². The summed E-state index contributed by atoms with van der Waals surface area (Å²) in [6.45, 7) is 4.59. The molecule has 128 valence electrons. The van der Waals surface area contributed by atoms with Gasteiger partial charge in [-0.05, 0) is 18.9 Å². The van der Waals surface area contributed by atoms with Gasteiger partial charge >= 0.3 is 12.0 Å². The molecule has 0 fully saturated rings. The lowest BCUT2D eigenvalue weighted by molar-refractivity contribution is 0.249. The van der Waals surface area contributed by atoms with Crippen LogP contribution in [-0.4, -0.2) is 22.5 Å². The quantitative estimate of drug-likeness (QED) is 0.785. The average Bonchev–Trinajstić information content (AvgIpc) is 2.59. The molecule has 2 amide bonds. The molecule has 1 aromatic heterocycles. The topological polar surface area (TPSA) is 67.4 Å². The first-order valence-corrected chi connectivity index (χ1v) is 7.89. The molecule has 0 unspecified atom stereocenters. The highest BCUT2D eigenvalue weighted by Gasteiger charge is 2.19. The summed E-state index contributed by atoms with van der Waals surface area (Å²) in [4.78, 5) is 19.5. The van der Waals surface area contributed by atoms with Gasteiger partial charge in [0.1, 0.15) is 6.61 Å². The molecule has 1 N–H and O–H groups in total. The number of aryl methyl sites for hydroxylation is 1. The third kappa shape index (κ3) is 4.82. The largest absolute Gasteiger partial charge is 0.459 e. The maximum absolute atomic E-state index is 13.9. The Morgan fingerprint density at radius 2 is 2.08 bits per heavy atom. The summed E-state index contributed by atoms with van der Waals surface area (Å²) in [5.41, 5.74) is 2.07. The highest BCUT2D eigenvalue weighted by Crippen LogP contribution is 2.20. The number of ether oxygens (including phenoxy) is 1. The Morgan fingerprint density at radius 1 is 1.38 bits per heavy atom. The van der Waals surface area contributed by atoms with Crippen molar-refractivity contribution >= 4 is 24.7 Å². The molecule has 0 radical (unpaired) electrons. The van der Waals surface area contributed by atoms with E-state index in [1.807, 2.05) is 38.1 Å². The van der Waals surface area contributed by atoms with Crippen molar-refractivity contribution < 1.29 is 13.9 Å². The molecule has 2 rings (SSSR count). The Bertz CT molecular complexity index is 697. The van der Waals surface area contributed by atoms with Gasteiger partial charge in [-0.2, -0.15) is 4.98 Å². The predicted octanol–water partition coefficient (Wildman–Crippen LogP) is 3.27. The molecule has 0 aliphatic rings. The highest BCUT2D eigenvalue weighted by molar-refractivity contribution is 7.82. The number of thiol groups is 1. The lowest BCUT2D eigenvalue weighted by Crippen LogP contribution is -2.35. The van der Waals surface area contributed by atoms with E-state index in [2.05, 4.69) is 28.1 Å². The van der Waals surface area contributed by atoms with Crippen LogP contribution in [0.4, 0.5) is 15.0 Å². The molecular weight excluding hydrogens is 331 g/mol. The number of nitrogens with zero attached hydrogens (tertiary/aromatic N) is 3. The Hall–Kier alpha value is -2.35. The molecule has 0 bridgehead atoms. The molecule has 24 heavy (non-hydrogen) atoms. The number of hydrogen-bond acceptors (Lipinski definition) is 5. The van der Waals surface area contributed by atoms with Gasteiger partial charge in [0, 0.05) is 6.54 Å². The summed E-state index contributed by atoms with van der Waals surface area (Å²) in [7, 11) is 0. The van der Waals surface area contributed by atoms with Crippen LogP contribution in [0.2, 0.25) is 0 Å². The van der Waals surface area contributed by atoms with E-state index in [9.17, 15) is 9.18 Å². The zero-order valence-electron chi connectivity index (χ0n) is 13.5. The molecule has 2 aromatic rings. The number of rotatable bonds is 6. The lowest BCUT2D eigenvalue weighted by atomic mass is 10.2. The Balaban J connectivity index is 2.07. The fourth-order valence-corrected chi connectivity index (χ4v) is 2.01. The monoisotopic (exact) mass is 350 g/mol. The number of anilines is 1. The summed E-state index contributed by atoms with van der Waals surface area (Å²) in [6, 6.07) is 7.16. The second-order valence-corrected chi connectivity index (χ2v) is 5.54. The van der Waals surface area contributed by atoms with E-state index in [1.54, 1.807) is 0 Å². The Morgan fingerprint density at radius 3 is 2.75 bits per heavy atom. The van der Waals surface area contributed by atoms with E-state index in [-0.39, 0.29) is 18.4 Å². The fraction of sp³-hybridized carbons (Fsp3) is 0.312. The molecule has 6 nitrogen and oxygen atoms in total. The van der Waals surface area contributed by atoms with Gasteiger partial charge in [-0.15, -0.1) is 0 Å². The number of hydrogen-bond donors (Lipinski definition) is 2. The maximum atomic E-state index is 13.9. The van der Waals surface area contributed by atoms with E-state index in [0.717, 1.165) is 28.0 Å². The summed E-state index contributed by atoms with van der Waals surface area (Å²) in [6.07, 6.45) is 1.70. The van der Waals surface area contributed by atoms with Gasteiger partial charge in [-0.1, -0.05) is 49.6 Å². The van der Waals surface area contributed by atoms with Gasteiger partial charge in [-0.3, -0.25) is 0 Å². The summed E-state index contributed by atoms with van der Waals surface area (Å²) < 4.78 is 20.1. The van der Waals surface area contributed by atoms with E-state index >= 15 is 0 Å². The minimum absolute atomic E-state index is 0.0330. The highest BCUT2D eigenvalue weighted by atomic mass is 32.1. The minimum Gasteiger partial charge on any atom is -0.459 e. The van der Waals surface area contributed by atoms with Crippen molar-refractivity contribution in [3.05, 3.63) is 47.4 Å². The van der Waals surface area contributed by atoms with E-state index in [0.29, 0.717) is 6.54 Å². The number of amides is 2. The number of benzene rings is 1. The van der Waals surface area contributed by atoms with Crippen molar-refractivity contribution in [1.29, 1.82) is 0 Å². The Labute approximate surface area is 145 Å². The molecule has 8 heteroatoms. The predicted molar refractivity (Wildman–Crippen MR) is 92.7 cm³/mol. The van der Waals surface area contributed by atoms with Crippen LogP contribution in [0.15, 0.2) is 30.5 Å². The van der Waals surface area contributed by atoms with Gasteiger partial charge in [-0.25, -0.2) is 18.5 Å². The second kappa shape index (κ2) is 8.49. The van der Waals surface area contributed by atoms with E-state index in [4.69, 9.17) is 4.74 Å². The standard InChI is InChI=1S/C16H19FN4O2S/c1-3-8-18-16(22)21(24)14-13(17)9-19-15(20-14)23-10-12-6-4-11(2)5-7-12/h4-7,9,24H,3,8,10H2,1-2H3,(H,18,22). The second-order valence-electron chi connectivity index (χ2n) is 5.14. The first-order chi connectivity index (χ1) is 11.5. The number of nitrogens with one attached hydrogen (secondary N) is 1. The lowest BCUT2D eigenvalue weighted by Gasteiger charge is -2.16. The molecule has 0 aliphatic heterocycles. The van der Waals surface area contributed by atoms with Gasteiger partial charge < -0.3 is 10.1 Å². The van der Waals surface area contributed by atoms with E-state index in [1.165, 1.54) is 0 Å². The summed E-state index contributed by atoms with van der Waals surface area (Å²) >= 11 is 3.99. The molecule has 0 aliphatic carbocycles. The van der Waals surface area contributed by atoms with Crippen molar-refractivity contribution in [2.75, 3.05) is 10.8 Å². The van der Waals surface area contributed by atoms with Crippen LogP contribution >= 0.6 is 12.8 Å². The first-order valence-electron chi connectivity index (χ1n) is 7.49. The third-order valence-corrected chi connectivity index (χ3v) is 3.48. The average molecular weight is 350 g/mol. The van der Waals surface area contributed by atoms with Crippen molar-refractivity contribution in [2.24, 2.45) is 0 Å². The van der Waals surface area contributed by atoms with Crippen LogP contribution in [0.5, 0.6) is 6.01 Å². The number of carbonyl (C=O) groups excluding carboxylic acids is 1. The van der Waals surface area contributed by atoms with Crippen LogP contribution in [0.25, 0.3) is 0 Å². The van der Waals surface area contributed by atoms with Gasteiger partial charge in [0.15, 0.2) is 11.6 Å². The van der Waals surface area contributed by atoms with Crippen LogP contribution in [0.1, 0.15) is 24.5 Å². The van der Waals surface area contributed by atoms with Crippen molar-refractivity contribution in [1.82, 2.24) is 15.3 Å². The molecule has 0 spiro atoms. The van der Waals surface area contributed by atoms with Gasteiger partial charge in [0.05, 0.1) is 6.20 Å². The third-order valence-electron chi connectivity index (χ3n) is 3.11. The number of urea groups is 1. The number of aromatic nitrogens is 2. The van der Waals surface area contributed by atoms with Gasteiger partial charge in [0.2, 0.25) is 0 Å². The van der Waals surface area contributed by atoms with Crippen LogP contribution in [0, 0.1) is 12.7 Å². The zero-order chi connectivity index (χ0) is 17.5. The van der Waals surface area contributed by atoms with Crippen LogP contribution in [0.3, 0.4) is 0 Å². The minimum atomic E-state index is -0.765. The van der Waals surface area contributed by atoms with Crippen molar-refractivity contribution in [3.8, 4) is 6.01 Å². The summed E-state index contributed by atoms with van der Waals surface area (Å²) in [5, 5.41) is 2.58. The number of halogens is 1. The maximum Gasteiger partial charge on any atom is 0.333 e. The van der Waals surface area contributed by atoms with Crippen molar-refractivity contribution in [3.63, 3.8) is 0 Å². The molecule has 0 saturated heterocycles. The normalized spacial score (nSPS) is 10.3.